The van der Waals surface area contributed by atoms with Crippen LogP contribution in [0.2, 0.25) is 0 Å². The number of aryl methyl sites for hydroxylation is 2. The molecule has 1 aliphatic rings. The molecule has 0 aliphatic carbocycles. The van der Waals surface area contributed by atoms with Crippen LogP contribution in [0.25, 0.3) is 11.3 Å². The maximum Gasteiger partial charge on any atom is 0.290 e. The van der Waals surface area contributed by atoms with E-state index in [2.05, 4.69) is 66.9 Å². The van der Waals surface area contributed by atoms with Gasteiger partial charge in [-0.05, 0) is 42.5 Å². The molecule has 8 nitrogen and oxygen atoms in total. The molecular weight excluding hydrogens is 394 g/mol. The van der Waals surface area contributed by atoms with Crippen LogP contribution < -0.4 is 21.5 Å². The topological polar surface area (TPSA) is 102 Å². The molecular formula is C23H35N5O3. The number of carbonyl (C=O) groups is 1. The van der Waals surface area contributed by atoms with E-state index in [4.69, 9.17) is 9.53 Å². The molecule has 1 amide bonds. The van der Waals surface area contributed by atoms with Gasteiger partial charge in [0.05, 0.1) is 18.9 Å². The Morgan fingerprint density at radius 3 is 2.48 bits per heavy atom. The van der Waals surface area contributed by atoms with Gasteiger partial charge in [-0.1, -0.05) is 26.8 Å². The number of nitrogens with zero attached hydrogens (tertiary/aromatic N) is 3. The molecule has 1 aliphatic heterocycles. The van der Waals surface area contributed by atoms with Gasteiger partial charge >= 0.3 is 0 Å². The van der Waals surface area contributed by atoms with Crippen molar-refractivity contribution in [2.45, 2.75) is 34.1 Å². The maximum absolute atomic E-state index is 12.6. The quantitative estimate of drug-likeness (QED) is 0.708. The molecule has 0 saturated carbocycles. The van der Waals surface area contributed by atoms with Crippen LogP contribution in [-0.4, -0.2) is 49.0 Å². The number of hydrogen-bond donors (Lipinski definition) is 2. The number of amides is 1. The molecule has 0 bridgehead atoms. The molecule has 3 rings (SSSR count). The number of benzene rings is 1. The van der Waals surface area contributed by atoms with Crippen molar-refractivity contribution in [3.05, 3.63) is 40.2 Å². The number of aromatic nitrogens is 2. The molecule has 1 fully saturated rings. The summed E-state index contributed by atoms with van der Waals surface area (Å²) < 4.78 is 6.87. The largest absolute Gasteiger partial charge is 0.385 e. The van der Waals surface area contributed by atoms with Crippen LogP contribution in [0, 0.1) is 12.3 Å². The minimum Gasteiger partial charge on any atom is -0.385 e. The first-order chi connectivity index (χ1) is 14.7. The van der Waals surface area contributed by atoms with Crippen LogP contribution in [0.1, 0.15) is 32.8 Å². The minimum atomic E-state index is -0.0669. The minimum absolute atomic E-state index is 0.0669. The highest BCUT2D eigenvalue weighted by Crippen LogP contribution is 2.27. The highest BCUT2D eigenvalue weighted by Gasteiger charge is 2.18. The van der Waals surface area contributed by atoms with Crippen LogP contribution in [0.5, 0.6) is 0 Å². The third-order valence-electron chi connectivity index (χ3n) is 5.11. The van der Waals surface area contributed by atoms with Crippen LogP contribution in [-0.2, 0) is 16.6 Å². The van der Waals surface area contributed by atoms with Crippen LogP contribution in [0.4, 0.5) is 11.4 Å². The lowest BCUT2D eigenvalue weighted by atomic mass is 9.92. The molecule has 0 spiro atoms. The number of nitrogens with one attached hydrogen (secondary N) is 1. The number of rotatable bonds is 5. The van der Waals surface area contributed by atoms with Gasteiger partial charge in [0.2, 0.25) is 6.41 Å². The molecule has 0 radical (unpaired) electrons. The Kier molecular flexibility index (Phi) is 8.62. The zero-order valence-electron chi connectivity index (χ0n) is 19.3. The van der Waals surface area contributed by atoms with Gasteiger partial charge in [-0.2, -0.15) is 5.10 Å². The summed E-state index contributed by atoms with van der Waals surface area (Å²) in [5.74, 6) is 0. The lowest BCUT2D eigenvalue weighted by Gasteiger charge is -2.28. The third-order valence-corrected chi connectivity index (χ3v) is 5.11. The number of primary amides is 1. The van der Waals surface area contributed by atoms with Crippen molar-refractivity contribution in [3.8, 4) is 11.3 Å². The Morgan fingerprint density at radius 1 is 1.23 bits per heavy atom. The second kappa shape index (κ2) is 10.9. The third kappa shape index (κ3) is 7.10. The summed E-state index contributed by atoms with van der Waals surface area (Å²) in [6, 6.07) is 8.27. The molecule has 1 aromatic carbocycles. The predicted octanol–water partition coefficient (Wildman–Crippen LogP) is 2.54. The van der Waals surface area contributed by atoms with Crippen molar-refractivity contribution in [1.29, 1.82) is 0 Å². The van der Waals surface area contributed by atoms with E-state index in [0.29, 0.717) is 24.3 Å². The van der Waals surface area contributed by atoms with Gasteiger partial charge in [-0.25, -0.2) is 4.68 Å². The maximum atomic E-state index is 12.6. The Bertz CT molecular complexity index is 928. The number of morpholine rings is 1. The van der Waals surface area contributed by atoms with E-state index in [-0.39, 0.29) is 12.0 Å². The second-order valence-corrected chi connectivity index (χ2v) is 8.85. The first kappa shape index (κ1) is 24.4. The van der Waals surface area contributed by atoms with Crippen molar-refractivity contribution >= 4 is 17.8 Å². The molecule has 0 atom stereocenters. The Balaban J connectivity index is 0.00000107. The fraction of sp³-hybridized carbons (Fsp3) is 0.522. The first-order valence-corrected chi connectivity index (χ1v) is 10.6. The highest BCUT2D eigenvalue weighted by atomic mass is 16.5. The number of carbonyl (C=O) groups excluding carboxylic acids is 1. The molecule has 3 N–H and O–H groups in total. The Labute approximate surface area is 184 Å². The number of hydrogen-bond acceptors (Lipinski definition) is 6. The zero-order chi connectivity index (χ0) is 23.0. The van der Waals surface area contributed by atoms with E-state index in [1.165, 1.54) is 4.68 Å². The van der Waals surface area contributed by atoms with Gasteiger partial charge < -0.3 is 20.7 Å². The fourth-order valence-corrected chi connectivity index (χ4v) is 3.35. The zero-order valence-corrected chi connectivity index (χ0v) is 19.3. The molecule has 31 heavy (non-hydrogen) atoms. The number of ether oxygens (including phenoxy) is 1. The van der Waals surface area contributed by atoms with E-state index >= 15 is 0 Å². The van der Waals surface area contributed by atoms with Crippen molar-refractivity contribution in [2.75, 3.05) is 43.1 Å². The van der Waals surface area contributed by atoms with E-state index in [0.717, 1.165) is 48.6 Å². The van der Waals surface area contributed by atoms with E-state index in [1.807, 2.05) is 6.07 Å². The van der Waals surface area contributed by atoms with Gasteiger partial charge in [0, 0.05) is 37.9 Å². The standard InChI is InChI=1S/C22H32N4O2.CH3NO/c1-16-6-7-17(23-9-8-22(2,3)4)14-18(16)19-15-20(21(27)25(5)24-19)26-10-12-28-13-11-26;2-1-3/h6-7,14-15,23H,8-13H2,1-5H3;1H,(H2,2,3). The molecule has 8 heteroatoms. The van der Waals surface area contributed by atoms with Crippen LogP contribution >= 0.6 is 0 Å². The van der Waals surface area contributed by atoms with E-state index in [9.17, 15) is 4.79 Å². The summed E-state index contributed by atoms with van der Waals surface area (Å²) in [6.07, 6.45) is 1.34. The Hall–Kier alpha value is -2.87. The van der Waals surface area contributed by atoms with Crippen LogP contribution in [0.15, 0.2) is 29.1 Å². The van der Waals surface area contributed by atoms with Crippen molar-refractivity contribution < 1.29 is 9.53 Å². The summed E-state index contributed by atoms with van der Waals surface area (Å²) in [4.78, 5) is 23.3. The molecule has 2 aromatic rings. The molecule has 2 heterocycles. The smallest absolute Gasteiger partial charge is 0.290 e. The van der Waals surface area contributed by atoms with E-state index in [1.54, 1.807) is 7.05 Å². The average molecular weight is 430 g/mol. The SMILES string of the molecule is Cc1ccc(NCCC(C)(C)C)cc1-c1cc(N2CCOCC2)c(=O)n(C)n1.NC=O. The molecule has 1 saturated heterocycles. The molecule has 0 unspecified atom stereocenters. The number of anilines is 2. The van der Waals surface area contributed by atoms with E-state index < -0.39 is 0 Å². The van der Waals surface area contributed by atoms with Gasteiger partial charge in [0.25, 0.3) is 5.56 Å². The average Bonchev–Trinajstić information content (AvgIpc) is 2.71. The monoisotopic (exact) mass is 429 g/mol. The second-order valence-electron chi connectivity index (χ2n) is 8.85. The van der Waals surface area contributed by atoms with Crippen molar-refractivity contribution in [2.24, 2.45) is 18.2 Å². The van der Waals surface area contributed by atoms with Gasteiger partial charge in [0.15, 0.2) is 0 Å². The Morgan fingerprint density at radius 2 is 1.87 bits per heavy atom. The normalized spacial score (nSPS) is 13.9. The predicted molar refractivity (Wildman–Crippen MR) is 125 cm³/mol. The van der Waals surface area contributed by atoms with Gasteiger partial charge in [-0.15, -0.1) is 0 Å². The fourth-order valence-electron chi connectivity index (χ4n) is 3.35. The van der Waals surface area contributed by atoms with Gasteiger partial charge in [-0.3, -0.25) is 9.59 Å². The molecule has 170 valence electrons. The summed E-state index contributed by atoms with van der Waals surface area (Å²) in [5.41, 5.74) is 9.18. The van der Waals surface area contributed by atoms with Gasteiger partial charge in [0.1, 0.15) is 5.69 Å². The summed E-state index contributed by atoms with van der Waals surface area (Å²) >= 11 is 0. The van der Waals surface area contributed by atoms with Crippen LogP contribution in [0.3, 0.4) is 0 Å². The van der Waals surface area contributed by atoms with Crippen molar-refractivity contribution in [1.82, 2.24) is 9.78 Å². The summed E-state index contributed by atoms with van der Waals surface area (Å²) in [7, 11) is 1.72. The lowest BCUT2D eigenvalue weighted by Crippen LogP contribution is -2.40. The van der Waals surface area contributed by atoms with Crippen molar-refractivity contribution in [3.63, 3.8) is 0 Å². The summed E-state index contributed by atoms with van der Waals surface area (Å²) in [6.45, 7) is 12.5. The molecule has 1 aromatic heterocycles. The highest BCUT2D eigenvalue weighted by molar-refractivity contribution is 5.71. The first-order valence-electron chi connectivity index (χ1n) is 10.6. The summed E-state index contributed by atoms with van der Waals surface area (Å²) in [5, 5.41) is 8.06. The lowest BCUT2D eigenvalue weighted by molar-refractivity contribution is -0.106. The number of nitrogens with two attached hydrogens (primary N) is 1.